The third-order valence-corrected chi connectivity index (χ3v) is 3.81. The van der Waals surface area contributed by atoms with E-state index in [1.54, 1.807) is 0 Å². The lowest BCUT2D eigenvalue weighted by atomic mass is 9.91. The summed E-state index contributed by atoms with van der Waals surface area (Å²) in [5, 5.41) is 14.9. The Balaban J connectivity index is 1.80. The van der Waals surface area contributed by atoms with E-state index in [-0.39, 0.29) is 12.1 Å². The molecule has 76 valence electrons. The molecule has 2 aliphatic heterocycles. The first-order valence-corrected chi connectivity index (χ1v) is 5.57. The van der Waals surface area contributed by atoms with E-state index < -0.39 is 0 Å². The molecule has 2 saturated heterocycles. The van der Waals surface area contributed by atoms with E-state index in [4.69, 9.17) is 5.26 Å². The molecular formula is C10H16N4. The molecule has 3 fully saturated rings. The van der Waals surface area contributed by atoms with Crippen molar-refractivity contribution in [2.24, 2.45) is 5.92 Å². The van der Waals surface area contributed by atoms with Gasteiger partial charge in [-0.05, 0) is 12.8 Å². The lowest BCUT2D eigenvalue weighted by molar-refractivity contribution is 0.143. The average molecular weight is 192 g/mol. The van der Waals surface area contributed by atoms with Crippen LogP contribution in [0.25, 0.3) is 0 Å². The molecule has 3 aliphatic rings. The van der Waals surface area contributed by atoms with Crippen molar-refractivity contribution in [1.29, 1.82) is 5.26 Å². The van der Waals surface area contributed by atoms with E-state index in [1.165, 1.54) is 25.7 Å². The highest BCUT2D eigenvalue weighted by molar-refractivity contribution is 5.06. The smallest absolute Gasteiger partial charge is 0.0912 e. The molecule has 0 bridgehead atoms. The minimum atomic E-state index is 0.126. The first kappa shape index (κ1) is 8.66. The van der Waals surface area contributed by atoms with Crippen molar-refractivity contribution in [1.82, 2.24) is 15.8 Å². The third kappa shape index (κ3) is 1.10. The van der Waals surface area contributed by atoms with E-state index in [0.29, 0.717) is 12.1 Å². The lowest BCUT2D eigenvalue weighted by Gasteiger charge is -2.29. The van der Waals surface area contributed by atoms with Crippen molar-refractivity contribution in [2.75, 3.05) is 6.54 Å². The number of nitrogens with zero attached hydrogens (tertiary/aromatic N) is 2. The van der Waals surface area contributed by atoms with E-state index in [1.807, 2.05) is 0 Å². The summed E-state index contributed by atoms with van der Waals surface area (Å²) in [5.41, 5.74) is 3.37. The number of hydrogen-bond acceptors (Lipinski definition) is 4. The Labute approximate surface area is 84.2 Å². The minimum absolute atomic E-state index is 0.126. The maximum Gasteiger partial charge on any atom is 0.0912 e. The van der Waals surface area contributed by atoms with E-state index in [9.17, 15) is 0 Å². The van der Waals surface area contributed by atoms with Crippen LogP contribution in [0.2, 0.25) is 0 Å². The van der Waals surface area contributed by atoms with Gasteiger partial charge < -0.3 is 0 Å². The summed E-state index contributed by atoms with van der Waals surface area (Å²) in [5.74, 6) is 0.126. The molecule has 0 aromatic heterocycles. The minimum Gasteiger partial charge on any atom is -0.295 e. The predicted molar refractivity (Wildman–Crippen MR) is 51.9 cm³/mol. The Hall–Kier alpha value is -0.630. The van der Waals surface area contributed by atoms with E-state index >= 15 is 0 Å². The summed E-state index contributed by atoms with van der Waals surface area (Å²) in [6.07, 6.45) is 5.50. The molecule has 0 aromatic rings. The first-order valence-electron chi connectivity index (χ1n) is 5.57. The number of fused-ring (bicyclic) bond motifs is 3. The van der Waals surface area contributed by atoms with Crippen molar-refractivity contribution in [2.45, 2.75) is 43.9 Å². The van der Waals surface area contributed by atoms with Crippen molar-refractivity contribution >= 4 is 0 Å². The zero-order valence-electron chi connectivity index (χ0n) is 8.24. The molecule has 14 heavy (non-hydrogen) atoms. The Morgan fingerprint density at radius 3 is 3.00 bits per heavy atom. The van der Waals surface area contributed by atoms with Gasteiger partial charge in [0.1, 0.15) is 0 Å². The molecule has 0 spiro atoms. The van der Waals surface area contributed by atoms with Gasteiger partial charge in [0.15, 0.2) is 0 Å². The van der Waals surface area contributed by atoms with Gasteiger partial charge in [-0.2, -0.15) is 5.26 Å². The van der Waals surface area contributed by atoms with Gasteiger partial charge in [-0.25, -0.2) is 5.01 Å². The Kier molecular flexibility index (Phi) is 1.98. The molecule has 1 aliphatic carbocycles. The van der Waals surface area contributed by atoms with Crippen molar-refractivity contribution in [3.05, 3.63) is 0 Å². The summed E-state index contributed by atoms with van der Waals surface area (Å²) in [7, 11) is 0. The largest absolute Gasteiger partial charge is 0.295 e. The van der Waals surface area contributed by atoms with Gasteiger partial charge in [0.05, 0.1) is 18.2 Å². The molecule has 0 radical (unpaired) electrons. The Morgan fingerprint density at radius 1 is 1.29 bits per heavy atom. The van der Waals surface area contributed by atoms with Crippen LogP contribution in [0.1, 0.15) is 25.7 Å². The van der Waals surface area contributed by atoms with Crippen LogP contribution in [0.4, 0.5) is 0 Å². The summed E-state index contributed by atoms with van der Waals surface area (Å²) in [4.78, 5) is 0. The molecule has 4 atom stereocenters. The Bertz CT molecular complexity index is 272. The van der Waals surface area contributed by atoms with Crippen LogP contribution in [0.3, 0.4) is 0 Å². The molecule has 4 nitrogen and oxygen atoms in total. The van der Waals surface area contributed by atoms with Crippen molar-refractivity contribution < 1.29 is 0 Å². The fourth-order valence-corrected chi connectivity index (χ4v) is 3.10. The molecule has 2 N–H and O–H groups in total. The van der Waals surface area contributed by atoms with E-state index in [2.05, 4.69) is 21.8 Å². The number of nitriles is 1. The zero-order chi connectivity index (χ0) is 9.54. The van der Waals surface area contributed by atoms with Gasteiger partial charge in [-0.1, -0.05) is 12.8 Å². The fraction of sp³-hybridized carbons (Fsp3) is 0.900. The second-order valence-corrected chi connectivity index (χ2v) is 4.57. The maximum atomic E-state index is 8.99. The molecule has 0 amide bonds. The third-order valence-electron chi connectivity index (χ3n) is 3.81. The van der Waals surface area contributed by atoms with Crippen molar-refractivity contribution in [3.63, 3.8) is 0 Å². The molecule has 3 rings (SSSR count). The van der Waals surface area contributed by atoms with Gasteiger partial charge in [0, 0.05) is 18.6 Å². The number of hydrogen-bond donors (Lipinski definition) is 2. The second kappa shape index (κ2) is 3.20. The predicted octanol–water partition coefficient (Wildman–Crippen LogP) is 0.187. The first-order chi connectivity index (χ1) is 6.90. The van der Waals surface area contributed by atoms with Gasteiger partial charge in [0.25, 0.3) is 0 Å². The standard InChI is InChI=1S/C10H16N4/c11-5-7-6-12-14-9-4-2-1-3-8(9)13-10(7)14/h7-10,12-13H,1-4,6H2. The number of nitrogens with one attached hydrogen (secondary N) is 2. The Morgan fingerprint density at radius 2 is 2.14 bits per heavy atom. The number of rotatable bonds is 0. The number of hydrazine groups is 1. The normalized spacial score (nSPS) is 47.1. The molecular weight excluding hydrogens is 176 g/mol. The maximum absolute atomic E-state index is 8.99. The van der Waals surface area contributed by atoms with Crippen LogP contribution in [0.15, 0.2) is 0 Å². The van der Waals surface area contributed by atoms with Gasteiger partial charge in [0.2, 0.25) is 0 Å². The summed E-state index contributed by atoms with van der Waals surface area (Å²) in [6.45, 7) is 0.817. The van der Waals surface area contributed by atoms with Gasteiger partial charge >= 0.3 is 0 Å². The van der Waals surface area contributed by atoms with Crippen LogP contribution in [-0.4, -0.2) is 29.8 Å². The van der Waals surface area contributed by atoms with E-state index in [0.717, 1.165) is 6.54 Å². The van der Waals surface area contributed by atoms with Gasteiger partial charge in [-0.15, -0.1) is 0 Å². The van der Waals surface area contributed by atoms with Crippen LogP contribution >= 0.6 is 0 Å². The summed E-state index contributed by atoms with van der Waals surface area (Å²) < 4.78 is 0. The fourth-order valence-electron chi connectivity index (χ4n) is 3.10. The molecule has 2 heterocycles. The molecule has 4 heteroatoms. The molecule has 1 saturated carbocycles. The highest BCUT2D eigenvalue weighted by Crippen LogP contribution is 2.32. The molecule has 4 unspecified atom stereocenters. The lowest BCUT2D eigenvalue weighted by Crippen LogP contribution is -2.44. The average Bonchev–Trinajstić information content (AvgIpc) is 2.75. The monoisotopic (exact) mass is 192 g/mol. The van der Waals surface area contributed by atoms with Crippen molar-refractivity contribution in [3.8, 4) is 6.07 Å². The van der Waals surface area contributed by atoms with Crippen LogP contribution < -0.4 is 10.7 Å². The second-order valence-electron chi connectivity index (χ2n) is 4.57. The van der Waals surface area contributed by atoms with Gasteiger partial charge in [-0.3, -0.25) is 10.7 Å². The zero-order valence-corrected chi connectivity index (χ0v) is 8.24. The SMILES string of the molecule is N#CC1CNN2C3CCCCC3NC12. The topological polar surface area (TPSA) is 51.1 Å². The highest BCUT2D eigenvalue weighted by atomic mass is 15.6. The highest BCUT2D eigenvalue weighted by Gasteiger charge is 2.48. The van der Waals surface area contributed by atoms with Crippen LogP contribution in [-0.2, 0) is 0 Å². The summed E-state index contributed by atoms with van der Waals surface area (Å²) in [6, 6.07) is 3.63. The van der Waals surface area contributed by atoms with Crippen LogP contribution in [0.5, 0.6) is 0 Å². The quantitative estimate of drug-likeness (QED) is 0.575. The molecule has 0 aromatic carbocycles. The van der Waals surface area contributed by atoms with Crippen LogP contribution in [0, 0.1) is 17.2 Å². The summed E-state index contributed by atoms with van der Waals surface area (Å²) >= 11 is 0.